The predicted octanol–water partition coefficient (Wildman–Crippen LogP) is 3.26. The van der Waals surface area contributed by atoms with Crippen LogP contribution in [0.4, 0.5) is 5.69 Å². The summed E-state index contributed by atoms with van der Waals surface area (Å²) in [6.07, 6.45) is 1.84. The number of sulfonamides is 1. The summed E-state index contributed by atoms with van der Waals surface area (Å²) >= 11 is 0. The fraction of sp³-hybridized carbons (Fsp3) is 0.350. The van der Waals surface area contributed by atoms with Gasteiger partial charge >= 0.3 is 0 Å². The van der Waals surface area contributed by atoms with Crippen LogP contribution < -0.4 is 10.1 Å². The number of benzene rings is 2. The van der Waals surface area contributed by atoms with E-state index in [2.05, 4.69) is 5.32 Å². The third-order valence-corrected chi connectivity index (χ3v) is 6.30. The Bertz CT molecular complexity index is 871. The number of amides is 1. The molecule has 1 aliphatic heterocycles. The number of ether oxygens (including phenoxy) is 1. The van der Waals surface area contributed by atoms with Crippen molar-refractivity contribution in [2.45, 2.75) is 25.5 Å². The number of rotatable bonds is 7. The smallest absolute Gasteiger partial charge is 0.255 e. The highest BCUT2D eigenvalue weighted by Gasteiger charge is 2.25. The minimum Gasteiger partial charge on any atom is -0.494 e. The van der Waals surface area contributed by atoms with Crippen LogP contribution in [-0.2, 0) is 15.8 Å². The lowest BCUT2D eigenvalue weighted by Crippen LogP contribution is -2.29. The minimum atomic E-state index is -3.28. The number of hydrogen-bond donors (Lipinski definition) is 1. The van der Waals surface area contributed by atoms with Crippen LogP contribution in [0.15, 0.2) is 48.5 Å². The van der Waals surface area contributed by atoms with E-state index in [1.54, 1.807) is 52.8 Å². The zero-order valence-corrected chi connectivity index (χ0v) is 16.2. The summed E-state index contributed by atoms with van der Waals surface area (Å²) in [5.74, 6) is 0.473. The Balaban J connectivity index is 1.61. The van der Waals surface area contributed by atoms with Gasteiger partial charge in [0.05, 0.1) is 12.4 Å². The van der Waals surface area contributed by atoms with Crippen molar-refractivity contribution >= 4 is 21.6 Å². The molecule has 0 saturated carbocycles. The second-order valence-electron chi connectivity index (χ2n) is 6.47. The Morgan fingerprint density at radius 1 is 1.04 bits per heavy atom. The van der Waals surface area contributed by atoms with Crippen LogP contribution in [0.1, 0.15) is 35.7 Å². The molecule has 6 nitrogen and oxygen atoms in total. The Morgan fingerprint density at radius 2 is 1.67 bits per heavy atom. The molecule has 27 heavy (non-hydrogen) atoms. The van der Waals surface area contributed by atoms with Gasteiger partial charge in [0.15, 0.2) is 0 Å². The minimum absolute atomic E-state index is 0.0339. The van der Waals surface area contributed by atoms with E-state index >= 15 is 0 Å². The average Bonchev–Trinajstić information content (AvgIpc) is 3.20. The molecule has 1 saturated heterocycles. The first-order chi connectivity index (χ1) is 13.0. The highest BCUT2D eigenvalue weighted by atomic mass is 32.2. The van der Waals surface area contributed by atoms with Gasteiger partial charge in [-0.05, 0) is 61.7 Å². The second-order valence-corrected chi connectivity index (χ2v) is 8.44. The van der Waals surface area contributed by atoms with E-state index in [0.717, 1.165) is 18.6 Å². The molecule has 1 heterocycles. The van der Waals surface area contributed by atoms with E-state index < -0.39 is 10.0 Å². The summed E-state index contributed by atoms with van der Waals surface area (Å²) in [6.45, 7) is 3.71. The Morgan fingerprint density at radius 3 is 2.26 bits per heavy atom. The number of carbonyl (C=O) groups is 1. The van der Waals surface area contributed by atoms with Gasteiger partial charge in [0, 0.05) is 24.3 Å². The first-order valence-corrected chi connectivity index (χ1v) is 10.7. The highest BCUT2D eigenvalue weighted by molar-refractivity contribution is 7.88. The molecule has 0 spiro atoms. The zero-order chi connectivity index (χ0) is 19.3. The maximum absolute atomic E-state index is 12.4. The molecule has 0 aromatic heterocycles. The molecule has 1 fully saturated rings. The maximum Gasteiger partial charge on any atom is 0.255 e. The Kier molecular flexibility index (Phi) is 6.13. The van der Waals surface area contributed by atoms with Crippen molar-refractivity contribution in [3.63, 3.8) is 0 Å². The molecule has 2 aromatic carbocycles. The van der Waals surface area contributed by atoms with Gasteiger partial charge in [-0.25, -0.2) is 12.7 Å². The van der Waals surface area contributed by atoms with E-state index in [9.17, 15) is 13.2 Å². The fourth-order valence-electron chi connectivity index (χ4n) is 3.02. The average molecular weight is 388 g/mol. The molecule has 2 aromatic rings. The Hall–Kier alpha value is -2.38. The number of anilines is 1. The molecule has 0 unspecified atom stereocenters. The third kappa shape index (κ3) is 5.08. The molecule has 3 rings (SSSR count). The normalized spacial score (nSPS) is 14.9. The summed E-state index contributed by atoms with van der Waals surface area (Å²) < 4.78 is 31.7. The molecule has 0 bridgehead atoms. The molecule has 0 atom stereocenters. The first-order valence-electron chi connectivity index (χ1n) is 9.09. The van der Waals surface area contributed by atoms with Crippen molar-refractivity contribution in [3.05, 3.63) is 59.7 Å². The molecule has 1 aliphatic rings. The Labute approximate surface area is 160 Å². The quantitative estimate of drug-likeness (QED) is 0.790. The topological polar surface area (TPSA) is 75.7 Å². The van der Waals surface area contributed by atoms with Crippen molar-refractivity contribution in [1.82, 2.24) is 4.31 Å². The third-order valence-electron chi connectivity index (χ3n) is 4.45. The lowest BCUT2D eigenvalue weighted by Gasteiger charge is -2.15. The van der Waals surface area contributed by atoms with E-state index in [0.29, 0.717) is 36.5 Å². The van der Waals surface area contributed by atoms with Crippen LogP contribution in [0.2, 0.25) is 0 Å². The SMILES string of the molecule is CCOc1ccc(NC(=O)c2ccc(CS(=O)(=O)N3CCCC3)cc2)cc1. The summed E-state index contributed by atoms with van der Waals surface area (Å²) in [7, 11) is -3.28. The lowest BCUT2D eigenvalue weighted by atomic mass is 10.1. The van der Waals surface area contributed by atoms with Crippen LogP contribution in [0.25, 0.3) is 0 Å². The van der Waals surface area contributed by atoms with Crippen molar-refractivity contribution < 1.29 is 17.9 Å². The van der Waals surface area contributed by atoms with Crippen molar-refractivity contribution in [1.29, 1.82) is 0 Å². The van der Waals surface area contributed by atoms with E-state index in [4.69, 9.17) is 4.74 Å². The van der Waals surface area contributed by atoms with Gasteiger partial charge in [-0.1, -0.05) is 12.1 Å². The van der Waals surface area contributed by atoms with Gasteiger partial charge < -0.3 is 10.1 Å². The van der Waals surface area contributed by atoms with Crippen molar-refractivity contribution in [3.8, 4) is 5.75 Å². The summed E-state index contributed by atoms with van der Waals surface area (Å²) in [5.41, 5.74) is 1.83. The molecule has 1 N–H and O–H groups in total. The predicted molar refractivity (Wildman–Crippen MR) is 105 cm³/mol. The number of carbonyl (C=O) groups excluding carboxylic acids is 1. The lowest BCUT2D eigenvalue weighted by molar-refractivity contribution is 0.102. The van der Waals surface area contributed by atoms with Gasteiger partial charge in [-0.15, -0.1) is 0 Å². The molecule has 0 aliphatic carbocycles. The maximum atomic E-state index is 12.4. The van der Waals surface area contributed by atoms with Gasteiger partial charge in [0.1, 0.15) is 5.75 Å². The number of hydrogen-bond acceptors (Lipinski definition) is 4. The van der Waals surface area contributed by atoms with Crippen molar-refractivity contribution in [2.75, 3.05) is 25.0 Å². The van der Waals surface area contributed by atoms with Crippen LogP contribution >= 0.6 is 0 Å². The van der Waals surface area contributed by atoms with E-state index in [1.165, 1.54) is 0 Å². The second kappa shape index (κ2) is 8.54. The highest BCUT2D eigenvalue weighted by Crippen LogP contribution is 2.19. The molecule has 7 heteroatoms. The van der Waals surface area contributed by atoms with Crippen LogP contribution in [-0.4, -0.2) is 38.3 Å². The van der Waals surface area contributed by atoms with Crippen LogP contribution in [0.3, 0.4) is 0 Å². The monoisotopic (exact) mass is 388 g/mol. The fourth-order valence-corrected chi connectivity index (χ4v) is 4.64. The van der Waals surface area contributed by atoms with E-state index in [-0.39, 0.29) is 11.7 Å². The van der Waals surface area contributed by atoms with Gasteiger partial charge in [0.2, 0.25) is 10.0 Å². The first kappa shape index (κ1) is 19.4. The molecule has 144 valence electrons. The van der Waals surface area contributed by atoms with Gasteiger partial charge in [-0.2, -0.15) is 0 Å². The molecule has 1 amide bonds. The number of nitrogens with zero attached hydrogens (tertiary/aromatic N) is 1. The standard InChI is InChI=1S/C20H24N2O4S/c1-2-26-19-11-9-18(10-12-19)21-20(23)17-7-5-16(6-8-17)15-27(24,25)22-13-3-4-14-22/h5-12H,2-4,13-15H2,1H3,(H,21,23). The largest absolute Gasteiger partial charge is 0.494 e. The van der Waals surface area contributed by atoms with Crippen LogP contribution in [0.5, 0.6) is 5.75 Å². The summed E-state index contributed by atoms with van der Waals surface area (Å²) in [6, 6.07) is 13.8. The molecular formula is C20H24N2O4S. The van der Waals surface area contributed by atoms with Gasteiger partial charge in [0.25, 0.3) is 5.91 Å². The molecular weight excluding hydrogens is 364 g/mol. The molecule has 0 radical (unpaired) electrons. The van der Waals surface area contributed by atoms with E-state index in [1.807, 2.05) is 6.92 Å². The zero-order valence-electron chi connectivity index (χ0n) is 15.3. The summed E-state index contributed by atoms with van der Waals surface area (Å²) in [5, 5.41) is 2.82. The number of nitrogens with one attached hydrogen (secondary N) is 1. The van der Waals surface area contributed by atoms with Gasteiger partial charge in [-0.3, -0.25) is 4.79 Å². The summed E-state index contributed by atoms with van der Waals surface area (Å²) in [4.78, 5) is 12.4. The van der Waals surface area contributed by atoms with Crippen LogP contribution in [0, 0.1) is 0 Å². The van der Waals surface area contributed by atoms with Crippen molar-refractivity contribution in [2.24, 2.45) is 0 Å².